The zero-order chi connectivity index (χ0) is 39.0. The van der Waals surface area contributed by atoms with Gasteiger partial charge in [-0.15, -0.1) is 0 Å². The number of allylic oxidation sites excluding steroid dienone is 2. The fraction of sp³-hybridized carbons (Fsp3) is 0.925. The molecule has 6 atom stereocenters. The quantitative estimate of drug-likeness (QED) is 0.0209. The lowest BCUT2D eigenvalue weighted by Crippen LogP contribution is -2.60. The Kier molecular flexibility index (Phi) is 31.1. The van der Waals surface area contributed by atoms with Crippen LogP contribution in [0.1, 0.15) is 174 Å². The summed E-state index contributed by atoms with van der Waals surface area (Å²) in [7, 11) is -5.05. The molecule has 13 heteroatoms. The second-order valence-electron chi connectivity index (χ2n) is 14.6. The zero-order valence-corrected chi connectivity index (χ0v) is 33.9. The lowest BCUT2D eigenvalue weighted by molar-refractivity contribution is -0.301. The van der Waals surface area contributed by atoms with Gasteiger partial charge in [0.2, 0.25) is 0 Å². The summed E-state index contributed by atoms with van der Waals surface area (Å²) in [4.78, 5) is 12.8. The van der Waals surface area contributed by atoms with Crippen molar-refractivity contribution in [2.24, 2.45) is 0 Å². The zero-order valence-electron chi connectivity index (χ0n) is 33.1. The number of esters is 1. The Hall–Kier alpha value is -1.16. The van der Waals surface area contributed by atoms with Gasteiger partial charge in [0.1, 0.15) is 30.5 Å². The first-order chi connectivity index (χ1) is 25.6. The van der Waals surface area contributed by atoms with Crippen LogP contribution in [0.4, 0.5) is 0 Å². The Labute approximate surface area is 321 Å². The van der Waals surface area contributed by atoms with Crippen molar-refractivity contribution >= 4 is 16.4 Å². The Morgan fingerprint density at radius 3 is 1.72 bits per heavy atom. The average molecular weight is 781 g/mol. The topological polar surface area (TPSA) is 178 Å². The highest BCUT2D eigenvalue weighted by Crippen LogP contribution is 2.26. The van der Waals surface area contributed by atoms with E-state index in [-0.39, 0.29) is 19.6 Å². The van der Waals surface area contributed by atoms with Crippen molar-refractivity contribution < 1.29 is 56.2 Å². The van der Waals surface area contributed by atoms with Gasteiger partial charge in [-0.1, -0.05) is 142 Å². The molecule has 0 amide bonds. The SMILES string of the molecule is CCCCCC/C=C\CCCCCCCC(=O)OC(COCCCCCCCCCCCCCCC)COC1OC(CO)C(O)C(OS(=O)(=O)O)C1O. The van der Waals surface area contributed by atoms with Crippen molar-refractivity contribution in [3.63, 3.8) is 0 Å². The van der Waals surface area contributed by atoms with E-state index in [2.05, 4.69) is 30.2 Å². The van der Waals surface area contributed by atoms with Crippen LogP contribution in [0.15, 0.2) is 12.2 Å². The van der Waals surface area contributed by atoms with Gasteiger partial charge in [0.15, 0.2) is 6.29 Å². The van der Waals surface area contributed by atoms with E-state index in [0.717, 1.165) is 57.8 Å². The third-order valence-electron chi connectivity index (χ3n) is 9.64. The maximum atomic E-state index is 12.8. The van der Waals surface area contributed by atoms with Crippen molar-refractivity contribution in [3.8, 4) is 0 Å². The number of unbranched alkanes of at least 4 members (excludes halogenated alkanes) is 21. The van der Waals surface area contributed by atoms with E-state index >= 15 is 0 Å². The Balaban J connectivity index is 2.48. The number of ether oxygens (including phenoxy) is 4. The van der Waals surface area contributed by atoms with Crippen molar-refractivity contribution in [2.45, 2.75) is 211 Å². The Bertz CT molecular complexity index is 994. The van der Waals surface area contributed by atoms with Crippen LogP contribution in [0.3, 0.4) is 0 Å². The van der Waals surface area contributed by atoms with Crippen molar-refractivity contribution in [2.75, 3.05) is 26.4 Å². The minimum absolute atomic E-state index is 0.0376. The van der Waals surface area contributed by atoms with Gasteiger partial charge in [0, 0.05) is 13.0 Å². The fourth-order valence-electron chi connectivity index (χ4n) is 6.43. The van der Waals surface area contributed by atoms with Crippen LogP contribution in [0, 0.1) is 0 Å². The first-order valence-electron chi connectivity index (χ1n) is 20.9. The lowest BCUT2D eigenvalue weighted by atomic mass is 9.99. The van der Waals surface area contributed by atoms with E-state index < -0.39 is 59.8 Å². The minimum atomic E-state index is -5.05. The summed E-state index contributed by atoms with van der Waals surface area (Å²) in [5.74, 6) is -0.407. The van der Waals surface area contributed by atoms with Crippen LogP contribution in [-0.4, -0.2) is 97.5 Å². The number of rotatable bonds is 36. The molecule has 314 valence electrons. The van der Waals surface area contributed by atoms with Crippen LogP contribution < -0.4 is 0 Å². The fourth-order valence-corrected chi connectivity index (χ4v) is 6.94. The molecule has 1 heterocycles. The number of hydrogen-bond donors (Lipinski definition) is 4. The number of carbonyl (C=O) groups excluding carboxylic acids is 1. The third kappa shape index (κ3) is 27.1. The molecule has 1 aliphatic heterocycles. The average Bonchev–Trinajstić information content (AvgIpc) is 3.12. The summed E-state index contributed by atoms with van der Waals surface area (Å²) >= 11 is 0. The highest BCUT2D eigenvalue weighted by molar-refractivity contribution is 7.80. The first-order valence-corrected chi connectivity index (χ1v) is 22.3. The lowest BCUT2D eigenvalue weighted by Gasteiger charge is -2.41. The summed E-state index contributed by atoms with van der Waals surface area (Å²) in [5, 5.41) is 30.6. The molecule has 12 nitrogen and oxygen atoms in total. The molecule has 1 rings (SSSR count). The van der Waals surface area contributed by atoms with Gasteiger partial charge in [-0.3, -0.25) is 9.35 Å². The second-order valence-corrected chi connectivity index (χ2v) is 15.6. The van der Waals surface area contributed by atoms with Gasteiger partial charge < -0.3 is 34.3 Å². The predicted molar refractivity (Wildman–Crippen MR) is 207 cm³/mol. The summed E-state index contributed by atoms with van der Waals surface area (Å²) in [6, 6.07) is 0. The molecule has 0 aliphatic carbocycles. The van der Waals surface area contributed by atoms with E-state index in [1.165, 1.54) is 89.9 Å². The molecule has 0 aromatic rings. The third-order valence-corrected chi connectivity index (χ3v) is 10.1. The van der Waals surface area contributed by atoms with E-state index in [1.54, 1.807) is 0 Å². The molecule has 1 saturated heterocycles. The summed E-state index contributed by atoms with van der Waals surface area (Å²) in [6.45, 7) is 3.96. The molecule has 0 radical (unpaired) electrons. The van der Waals surface area contributed by atoms with Gasteiger partial charge in [-0.25, -0.2) is 4.18 Å². The molecule has 4 N–H and O–H groups in total. The van der Waals surface area contributed by atoms with E-state index in [1.807, 2.05) is 0 Å². The normalized spacial score (nSPS) is 21.4. The molecular formula is C40H76O12S. The Morgan fingerprint density at radius 1 is 0.698 bits per heavy atom. The Morgan fingerprint density at radius 2 is 1.19 bits per heavy atom. The molecular weight excluding hydrogens is 704 g/mol. The van der Waals surface area contributed by atoms with Crippen LogP contribution in [0.25, 0.3) is 0 Å². The van der Waals surface area contributed by atoms with Crippen LogP contribution in [0.2, 0.25) is 0 Å². The summed E-state index contributed by atoms with van der Waals surface area (Å²) < 4.78 is 58.9. The van der Waals surface area contributed by atoms with Gasteiger partial charge in [-0.05, 0) is 38.5 Å². The highest BCUT2D eigenvalue weighted by Gasteiger charge is 2.48. The number of aliphatic hydroxyl groups excluding tert-OH is 3. The van der Waals surface area contributed by atoms with Crippen molar-refractivity contribution in [3.05, 3.63) is 12.2 Å². The molecule has 0 aromatic carbocycles. The van der Waals surface area contributed by atoms with Gasteiger partial charge in [0.25, 0.3) is 0 Å². The second kappa shape index (κ2) is 33.0. The molecule has 0 spiro atoms. The molecule has 0 saturated carbocycles. The molecule has 6 unspecified atom stereocenters. The van der Waals surface area contributed by atoms with Crippen LogP contribution in [0.5, 0.6) is 0 Å². The highest BCUT2D eigenvalue weighted by atomic mass is 32.3. The van der Waals surface area contributed by atoms with Crippen LogP contribution >= 0.6 is 0 Å². The molecule has 1 aliphatic rings. The maximum absolute atomic E-state index is 12.8. The minimum Gasteiger partial charge on any atom is -0.457 e. The van der Waals surface area contributed by atoms with Crippen LogP contribution in [-0.2, 0) is 38.3 Å². The summed E-state index contributed by atoms with van der Waals surface area (Å²) in [6.07, 6.45) is 23.9. The smallest absolute Gasteiger partial charge is 0.397 e. The number of aliphatic hydroxyl groups is 3. The number of carbonyl (C=O) groups is 1. The molecule has 53 heavy (non-hydrogen) atoms. The molecule has 0 aromatic heterocycles. The number of hydrogen-bond acceptors (Lipinski definition) is 11. The standard InChI is InChI=1S/C40H76O12S/c1-3-5-7-9-11-13-15-17-19-21-23-25-27-29-36(42)50-34(32-48-30-28-26-24-22-20-18-16-14-12-10-8-6-4-2)33-49-40-38(44)39(52-53(45,46)47)37(43)35(31-41)51-40/h13,15,34-35,37-41,43-44H,3-12,14,16-33H2,1-2H3,(H,45,46,47)/b15-13-. The van der Waals surface area contributed by atoms with Gasteiger partial charge in [0.05, 0.1) is 19.8 Å². The summed E-state index contributed by atoms with van der Waals surface area (Å²) in [5.41, 5.74) is 0. The van der Waals surface area contributed by atoms with E-state index in [0.29, 0.717) is 13.0 Å². The van der Waals surface area contributed by atoms with E-state index in [9.17, 15) is 28.5 Å². The predicted octanol–water partition coefficient (Wildman–Crippen LogP) is 7.91. The van der Waals surface area contributed by atoms with Gasteiger partial charge >= 0.3 is 16.4 Å². The first kappa shape index (κ1) is 49.9. The van der Waals surface area contributed by atoms with E-state index in [4.69, 9.17) is 23.5 Å². The monoisotopic (exact) mass is 781 g/mol. The molecule has 0 bridgehead atoms. The van der Waals surface area contributed by atoms with Gasteiger partial charge in [-0.2, -0.15) is 8.42 Å². The van der Waals surface area contributed by atoms with Crippen molar-refractivity contribution in [1.82, 2.24) is 0 Å². The van der Waals surface area contributed by atoms with Crippen molar-refractivity contribution in [1.29, 1.82) is 0 Å². The molecule has 1 fully saturated rings. The largest absolute Gasteiger partial charge is 0.457 e. The maximum Gasteiger partial charge on any atom is 0.397 e.